The maximum atomic E-state index is 8.96. The summed E-state index contributed by atoms with van der Waals surface area (Å²) >= 11 is 0. The minimum Gasteiger partial charge on any atom is -0.508 e. The molecule has 0 aliphatic rings. The molecule has 0 aromatic heterocycles. The van der Waals surface area contributed by atoms with Crippen LogP contribution in [0.15, 0.2) is 48.8 Å². The molecule has 1 N–H and O–H groups in total. The number of allylic oxidation sites excluding steroid dienone is 6. The first-order valence-corrected chi connectivity index (χ1v) is 3.12. The zero-order valence-electron chi connectivity index (χ0n) is 6.12. The van der Waals surface area contributed by atoms with Crippen LogP contribution in [0, 0.1) is 0 Å². The molecule has 0 radical (unpaired) electrons. The van der Waals surface area contributed by atoms with Gasteiger partial charge in [0.1, 0.15) is 5.76 Å². The van der Waals surface area contributed by atoms with Crippen LogP contribution in [0.3, 0.4) is 0 Å². The SMILES string of the molecule is C=C\C=C/C=C(O)\C=C/C. The lowest BCUT2D eigenvalue weighted by molar-refractivity contribution is 0.432. The highest BCUT2D eigenvalue weighted by Gasteiger charge is 1.76. The fourth-order valence-corrected chi connectivity index (χ4v) is 0.459. The van der Waals surface area contributed by atoms with Gasteiger partial charge < -0.3 is 5.11 Å². The second-order valence-electron chi connectivity index (χ2n) is 1.71. The van der Waals surface area contributed by atoms with E-state index in [1.54, 1.807) is 36.5 Å². The van der Waals surface area contributed by atoms with Crippen molar-refractivity contribution in [2.75, 3.05) is 0 Å². The standard InChI is InChI=1S/C9H12O/c1-3-5-6-8-9(10)7-4-2/h3-8,10H,1H2,2H3/b6-5-,7-4-,9-8+. The fourth-order valence-electron chi connectivity index (χ4n) is 0.459. The zero-order valence-corrected chi connectivity index (χ0v) is 6.12. The van der Waals surface area contributed by atoms with Gasteiger partial charge in [-0.1, -0.05) is 30.9 Å². The van der Waals surface area contributed by atoms with Crippen LogP contribution in [0.25, 0.3) is 0 Å². The quantitative estimate of drug-likeness (QED) is 0.467. The van der Waals surface area contributed by atoms with Gasteiger partial charge in [0, 0.05) is 0 Å². The minimum absolute atomic E-state index is 0.251. The Balaban J connectivity index is 3.90. The summed E-state index contributed by atoms with van der Waals surface area (Å²) < 4.78 is 0. The van der Waals surface area contributed by atoms with Gasteiger partial charge in [-0.2, -0.15) is 0 Å². The van der Waals surface area contributed by atoms with Crippen LogP contribution >= 0.6 is 0 Å². The van der Waals surface area contributed by atoms with E-state index in [9.17, 15) is 0 Å². The Hall–Kier alpha value is -1.24. The molecule has 0 unspecified atom stereocenters. The second-order valence-corrected chi connectivity index (χ2v) is 1.71. The fraction of sp³-hybridized carbons (Fsp3) is 0.111. The van der Waals surface area contributed by atoms with Crippen molar-refractivity contribution in [3.8, 4) is 0 Å². The van der Waals surface area contributed by atoms with Gasteiger partial charge in [-0.15, -0.1) is 0 Å². The molecule has 0 bridgehead atoms. The van der Waals surface area contributed by atoms with E-state index >= 15 is 0 Å². The number of hydrogen-bond acceptors (Lipinski definition) is 1. The molecule has 0 spiro atoms. The van der Waals surface area contributed by atoms with E-state index in [-0.39, 0.29) is 5.76 Å². The van der Waals surface area contributed by atoms with E-state index in [0.717, 1.165) is 0 Å². The molecule has 0 rings (SSSR count). The van der Waals surface area contributed by atoms with Crippen LogP contribution in [0.5, 0.6) is 0 Å². The Morgan fingerprint density at radius 3 is 2.60 bits per heavy atom. The average molecular weight is 136 g/mol. The van der Waals surface area contributed by atoms with Crippen molar-refractivity contribution in [2.45, 2.75) is 6.92 Å². The highest BCUT2D eigenvalue weighted by Crippen LogP contribution is 1.90. The lowest BCUT2D eigenvalue weighted by atomic mass is 10.3. The van der Waals surface area contributed by atoms with Gasteiger partial charge in [0.2, 0.25) is 0 Å². The van der Waals surface area contributed by atoms with Gasteiger partial charge in [0.25, 0.3) is 0 Å². The van der Waals surface area contributed by atoms with Crippen molar-refractivity contribution in [3.63, 3.8) is 0 Å². The Labute approximate surface area is 61.7 Å². The van der Waals surface area contributed by atoms with Crippen molar-refractivity contribution >= 4 is 0 Å². The van der Waals surface area contributed by atoms with Gasteiger partial charge in [0.15, 0.2) is 0 Å². The predicted octanol–water partition coefficient (Wildman–Crippen LogP) is 2.75. The molecule has 1 heteroatoms. The summed E-state index contributed by atoms with van der Waals surface area (Å²) in [5.74, 6) is 0.251. The van der Waals surface area contributed by atoms with Gasteiger partial charge in [-0.3, -0.25) is 0 Å². The number of hydrogen-bond donors (Lipinski definition) is 1. The molecular formula is C9H12O. The van der Waals surface area contributed by atoms with E-state index < -0.39 is 0 Å². The first-order chi connectivity index (χ1) is 4.81. The molecule has 10 heavy (non-hydrogen) atoms. The maximum Gasteiger partial charge on any atom is 0.115 e. The Kier molecular flexibility index (Phi) is 5.16. The molecule has 54 valence electrons. The lowest BCUT2D eigenvalue weighted by Crippen LogP contribution is -1.69. The third-order valence-electron chi connectivity index (χ3n) is 0.852. The minimum atomic E-state index is 0.251. The third kappa shape index (κ3) is 4.91. The summed E-state index contributed by atoms with van der Waals surface area (Å²) in [6, 6.07) is 0. The summed E-state index contributed by atoms with van der Waals surface area (Å²) in [4.78, 5) is 0. The van der Waals surface area contributed by atoms with Crippen molar-refractivity contribution in [1.82, 2.24) is 0 Å². The number of rotatable bonds is 3. The number of aliphatic hydroxyl groups is 1. The first kappa shape index (κ1) is 8.76. The van der Waals surface area contributed by atoms with Crippen molar-refractivity contribution < 1.29 is 5.11 Å². The second kappa shape index (κ2) is 5.89. The Morgan fingerprint density at radius 2 is 2.10 bits per heavy atom. The lowest BCUT2D eigenvalue weighted by Gasteiger charge is -1.83. The van der Waals surface area contributed by atoms with Crippen LogP contribution in [-0.2, 0) is 0 Å². The Morgan fingerprint density at radius 1 is 1.40 bits per heavy atom. The molecule has 0 saturated carbocycles. The molecule has 0 aromatic rings. The maximum absolute atomic E-state index is 8.96. The molecule has 0 fully saturated rings. The van der Waals surface area contributed by atoms with Gasteiger partial charge >= 0.3 is 0 Å². The van der Waals surface area contributed by atoms with Crippen LogP contribution in [0.1, 0.15) is 6.92 Å². The van der Waals surface area contributed by atoms with E-state index in [1.165, 1.54) is 0 Å². The van der Waals surface area contributed by atoms with Crippen LogP contribution in [0.2, 0.25) is 0 Å². The topological polar surface area (TPSA) is 20.2 Å². The molecule has 0 heterocycles. The first-order valence-electron chi connectivity index (χ1n) is 3.12. The summed E-state index contributed by atoms with van der Waals surface area (Å²) in [5, 5.41) is 8.96. The molecule has 0 aromatic carbocycles. The van der Waals surface area contributed by atoms with Gasteiger partial charge in [0.05, 0.1) is 0 Å². The normalized spacial score (nSPS) is 13.1. The molecular weight excluding hydrogens is 124 g/mol. The summed E-state index contributed by atoms with van der Waals surface area (Å²) in [6.07, 6.45) is 10.1. The smallest absolute Gasteiger partial charge is 0.115 e. The molecule has 0 aliphatic carbocycles. The van der Waals surface area contributed by atoms with E-state index in [2.05, 4.69) is 6.58 Å². The third-order valence-corrected chi connectivity index (χ3v) is 0.852. The van der Waals surface area contributed by atoms with Crippen molar-refractivity contribution in [2.24, 2.45) is 0 Å². The molecule has 0 atom stereocenters. The zero-order chi connectivity index (χ0) is 7.82. The van der Waals surface area contributed by atoms with Crippen molar-refractivity contribution in [1.29, 1.82) is 0 Å². The van der Waals surface area contributed by atoms with Crippen LogP contribution < -0.4 is 0 Å². The molecule has 1 nitrogen and oxygen atoms in total. The van der Waals surface area contributed by atoms with E-state index in [0.29, 0.717) is 0 Å². The van der Waals surface area contributed by atoms with E-state index in [1.807, 2.05) is 6.92 Å². The summed E-state index contributed by atoms with van der Waals surface area (Å²) in [7, 11) is 0. The van der Waals surface area contributed by atoms with Crippen LogP contribution in [0.4, 0.5) is 0 Å². The highest BCUT2D eigenvalue weighted by molar-refractivity contribution is 5.18. The average Bonchev–Trinajstić information content (AvgIpc) is 1.89. The molecule has 0 saturated heterocycles. The van der Waals surface area contributed by atoms with Gasteiger partial charge in [-0.05, 0) is 19.1 Å². The van der Waals surface area contributed by atoms with E-state index in [4.69, 9.17) is 5.11 Å². The summed E-state index contributed by atoms with van der Waals surface area (Å²) in [6.45, 7) is 5.34. The van der Waals surface area contributed by atoms with Crippen LogP contribution in [-0.4, -0.2) is 5.11 Å². The highest BCUT2D eigenvalue weighted by atomic mass is 16.3. The largest absolute Gasteiger partial charge is 0.508 e. The van der Waals surface area contributed by atoms with Crippen molar-refractivity contribution in [3.05, 3.63) is 48.8 Å². The summed E-state index contributed by atoms with van der Waals surface area (Å²) in [5.41, 5.74) is 0. The number of aliphatic hydroxyl groups excluding tert-OH is 1. The molecule has 0 aliphatic heterocycles. The molecule has 0 amide bonds. The Bertz CT molecular complexity index is 173. The monoisotopic (exact) mass is 136 g/mol. The predicted molar refractivity (Wildman–Crippen MR) is 44.9 cm³/mol. The van der Waals surface area contributed by atoms with Gasteiger partial charge in [-0.25, -0.2) is 0 Å².